The number of anilines is 1. The molecule has 0 aliphatic carbocycles. The van der Waals surface area contributed by atoms with Crippen LogP contribution in [0.3, 0.4) is 0 Å². The minimum absolute atomic E-state index is 0.00526. The Balaban J connectivity index is 1.70. The summed E-state index contributed by atoms with van der Waals surface area (Å²) in [6, 6.07) is 15.3. The highest BCUT2D eigenvalue weighted by Gasteiger charge is 2.38. The van der Waals surface area contributed by atoms with E-state index in [1.807, 2.05) is 43.4 Å². The van der Waals surface area contributed by atoms with Gasteiger partial charge in [-0.1, -0.05) is 41.9 Å². The minimum atomic E-state index is 0.00526. The second-order valence-corrected chi connectivity index (χ2v) is 6.93. The van der Waals surface area contributed by atoms with Crippen molar-refractivity contribution in [2.75, 3.05) is 26.0 Å². The number of amides is 1. The van der Waals surface area contributed by atoms with Gasteiger partial charge in [-0.05, 0) is 23.8 Å². The summed E-state index contributed by atoms with van der Waals surface area (Å²) >= 11 is 6.12. The van der Waals surface area contributed by atoms with Crippen molar-refractivity contribution < 1.29 is 9.53 Å². The highest BCUT2D eigenvalue weighted by atomic mass is 35.5. The fourth-order valence-electron chi connectivity index (χ4n) is 3.41. The van der Waals surface area contributed by atoms with Gasteiger partial charge in [-0.25, -0.2) is 0 Å². The fourth-order valence-corrected chi connectivity index (χ4v) is 3.67. The molecule has 6 nitrogen and oxygen atoms in total. The fraction of sp³-hybridized carbons (Fsp3) is 0.300. The third-order valence-electron chi connectivity index (χ3n) is 4.76. The van der Waals surface area contributed by atoms with Crippen molar-refractivity contribution in [3.63, 3.8) is 0 Å². The van der Waals surface area contributed by atoms with E-state index in [1.54, 1.807) is 24.1 Å². The molecule has 1 heterocycles. The number of methoxy groups -OCH3 is 1. The van der Waals surface area contributed by atoms with Crippen LogP contribution in [0.15, 0.2) is 53.5 Å². The first-order chi connectivity index (χ1) is 13.0. The van der Waals surface area contributed by atoms with E-state index in [2.05, 4.69) is 10.3 Å². The molecule has 0 spiro atoms. The average Bonchev–Trinajstić information content (AvgIpc) is 2.95. The molecule has 0 radical (unpaired) electrons. The maximum atomic E-state index is 12.2. The Bertz CT molecular complexity index is 841. The van der Waals surface area contributed by atoms with Crippen LogP contribution in [0.5, 0.6) is 5.75 Å². The summed E-state index contributed by atoms with van der Waals surface area (Å²) in [6.07, 6.45) is 0.460. The Kier molecular flexibility index (Phi) is 5.86. The molecule has 1 amide bonds. The molecule has 0 aromatic heterocycles. The van der Waals surface area contributed by atoms with Gasteiger partial charge in [-0.3, -0.25) is 9.79 Å². The molecule has 0 saturated carbocycles. The van der Waals surface area contributed by atoms with Crippen molar-refractivity contribution >= 4 is 29.2 Å². The van der Waals surface area contributed by atoms with Crippen molar-refractivity contribution in [3.8, 4) is 5.75 Å². The third kappa shape index (κ3) is 4.34. The molecule has 1 aliphatic rings. The summed E-state index contributed by atoms with van der Waals surface area (Å²) < 4.78 is 5.14. The highest BCUT2D eigenvalue weighted by molar-refractivity contribution is 6.32. The van der Waals surface area contributed by atoms with Crippen LogP contribution in [0.4, 0.5) is 5.69 Å². The average molecular weight is 387 g/mol. The maximum Gasteiger partial charge on any atom is 0.223 e. The Hall–Kier alpha value is -2.73. The van der Waals surface area contributed by atoms with E-state index in [1.165, 1.54) is 0 Å². The number of carbonyl (C=O) groups is 1. The van der Waals surface area contributed by atoms with Crippen LogP contribution in [-0.4, -0.2) is 37.5 Å². The number of benzene rings is 2. The van der Waals surface area contributed by atoms with E-state index >= 15 is 0 Å². The van der Waals surface area contributed by atoms with Gasteiger partial charge < -0.3 is 20.7 Å². The molecule has 0 unspecified atom stereocenters. The topological polar surface area (TPSA) is 80.0 Å². The molecule has 1 aliphatic heterocycles. The second kappa shape index (κ2) is 8.31. The van der Waals surface area contributed by atoms with E-state index in [9.17, 15) is 4.79 Å². The number of guanidine groups is 1. The molecular weight excluding hydrogens is 364 g/mol. The van der Waals surface area contributed by atoms with Gasteiger partial charge in [0.1, 0.15) is 5.75 Å². The Labute approximate surface area is 164 Å². The number of nitrogens with zero attached hydrogens (tertiary/aromatic N) is 2. The van der Waals surface area contributed by atoms with Gasteiger partial charge >= 0.3 is 0 Å². The van der Waals surface area contributed by atoms with Crippen LogP contribution in [0.2, 0.25) is 5.02 Å². The van der Waals surface area contributed by atoms with Gasteiger partial charge in [-0.15, -0.1) is 0 Å². The number of carbonyl (C=O) groups excluding carboxylic acids is 1. The first kappa shape index (κ1) is 19.0. The van der Waals surface area contributed by atoms with Gasteiger partial charge in [0.15, 0.2) is 5.96 Å². The van der Waals surface area contributed by atoms with Crippen LogP contribution in [0, 0.1) is 5.92 Å². The number of nitrogens with two attached hydrogens (primary N) is 1. The van der Waals surface area contributed by atoms with Crippen LogP contribution in [-0.2, 0) is 4.79 Å². The lowest BCUT2D eigenvalue weighted by molar-refractivity contribution is -0.127. The molecule has 2 aromatic carbocycles. The number of hydrogen-bond donors (Lipinski definition) is 2. The predicted octanol–water partition coefficient (Wildman–Crippen LogP) is 3.29. The molecule has 2 aromatic rings. The largest absolute Gasteiger partial charge is 0.495 e. The second-order valence-electron chi connectivity index (χ2n) is 6.52. The van der Waals surface area contributed by atoms with Crippen molar-refractivity contribution in [3.05, 3.63) is 59.1 Å². The van der Waals surface area contributed by atoms with Crippen molar-refractivity contribution in [1.29, 1.82) is 0 Å². The molecule has 2 atom stereocenters. The first-order valence-electron chi connectivity index (χ1n) is 8.70. The van der Waals surface area contributed by atoms with Crippen LogP contribution in [0.25, 0.3) is 0 Å². The maximum absolute atomic E-state index is 12.2. The zero-order valence-electron chi connectivity index (χ0n) is 15.4. The summed E-state index contributed by atoms with van der Waals surface area (Å²) in [5.41, 5.74) is 7.86. The van der Waals surface area contributed by atoms with E-state index in [4.69, 9.17) is 22.1 Å². The monoisotopic (exact) mass is 386 g/mol. The van der Waals surface area contributed by atoms with Crippen LogP contribution >= 0.6 is 11.6 Å². The molecule has 1 fully saturated rings. The number of likely N-dealkylation sites (tertiary alicyclic amines) is 1. The van der Waals surface area contributed by atoms with Gasteiger partial charge in [0, 0.05) is 31.6 Å². The molecule has 142 valence electrons. The van der Waals surface area contributed by atoms with Crippen LogP contribution < -0.4 is 15.8 Å². The van der Waals surface area contributed by atoms with Gasteiger partial charge in [0.05, 0.1) is 18.2 Å². The van der Waals surface area contributed by atoms with E-state index < -0.39 is 0 Å². The van der Waals surface area contributed by atoms with E-state index in [-0.39, 0.29) is 23.8 Å². The normalized spacial score (nSPS) is 20.0. The zero-order chi connectivity index (χ0) is 19.4. The lowest BCUT2D eigenvalue weighted by Gasteiger charge is -2.24. The molecule has 7 heteroatoms. The number of hydrogen-bond acceptors (Lipinski definition) is 3. The van der Waals surface area contributed by atoms with Crippen molar-refractivity contribution in [2.45, 2.75) is 12.5 Å². The molecule has 27 heavy (non-hydrogen) atoms. The molecule has 3 N–H and O–H groups in total. The summed E-state index contributed by atoms with van der Waals surface area (Å²) in [7, 11) is 3.40. The molecular formula is C20H23ClN4O2. The molecule has 1 saturated heterocycles. The molecule has 3 rings (SSSR count). The van der Waals surface area contributed by atoms with Gasteiger partial charge in [-0.2, -0.15) is 0 Å². The lowest BCUT2D eigenvalue weighted by Crippen LogP contribution is -2.27. The third-order valence-corrected chi connectivity index (χ3v) is 5.05. The number of aliphatic imine (C=N–C) groups is 1. The highest BCUT2D eigenvalue weighted by Crippen LogP contribution is 2.37. The first-order valence-corrected chi connectivity index (χ1v) is 9.08. The SMILES string of the molecule is COc1ccc(NC(N)=NC[C@@H]2CC(=O)N(C)[C@H]2c2ccccc2)cc1Cl. The Morgan fingerprint density at radius 1 is 1.33 bits per heavy atom. The molecule has 0 bridgehead atoms. The predicted molar refractivity (Wildman–Crippen MR) is 108 cm³/mol. The summed E-state index contributed by atoms with van der Waals surface area (Å²) in [6.45, 7) is 0.457. The van der Waals surface area contributed by atoms with Crippen molar-refractivity contribution in [1.82, 2.24) is 4.90 Å². The standard InChI is InChI=1S/C20H23ClN4O2/c1-25-18(26)10-14(19(25)13-6-4-3-5-7-13)12-23-20(22)24-15-8-9-17(27-2)16(21)11-15/h3-9,11,14,19H,10,12H2,1-2H3,(H3,22,23,24)/t14-,19-/m0/s1. The Morgan fingerprint density at radius 2 is 2.07 bits per heavy atom. The smallest absolute Gasteiger partial charge is 0.223 e. The summed E-state index contributed by atoms with van der Waals surface area (Å²) in [4.78, 5) is 18.4. The number of rotatable bonds is 5. The summed E-state index contributed by atoms with van der Waals surface area (Å²) in [5.74, 6) is 1.07. The van der Waals surface area contributed by atoms with E-state index in [0.717, 1.165) is 11.3 Å². The summed E-state index contributed by atoms with van der Waals surface area (Å²) in [5, 5.41) is 3.51. The number of nitrogens with one attached hydrogen (secondary N) is 1. The Morgan fingerprint density at radius 3 is 2.74 bits per heavy atom. The quantitative estimate of drug-likeness (QED) is 0.610. The van der Waals surface area contributed by atoms with Gasteiger partial charge in [0.2, 0.25) is 5.91 Å². The van der Waals surface area contributed by atoms with Crippen molar-refractivity contribution in [2.24, 2.45) is 16.6 Å². The van der Waals surface area contributed by atoms with Crippen LogP contribution in [0.1, 0.15) is 18.0 Å². The zero-order valence-corrected chi connectivity index (χ0v) is 16.1. The van der Waals surface area contributed by atoms with Gasteiger partial charge in [0.25, 0.3) is 0 Å². The van der Waals surface area contributed by atoms with E-state index in [0.29, 0.717) is 23.7 Å². The minimum Gasteiger partial charge on any atom is -0.495 e. The number of halogens is 1. The number of ether oxygens (including phenoxy) is 1. The lowest BCUT2D eigenvalue weighted by atomic mass is 9.94.